The second kappa shape index (κ2) is 5.56. The van der Waals surface area contributed by atoms with Gasteiger partial charge in [0.1, 0.15) is 5.75 Å². The molecule has 0 heterocycles. The molecule has 0 radical (unpaired) electrons. The van der Waals surface area contributed by atoms with Crippen LogP contribution in [-0.4, -0.2) is 19.2 Å². The fourth-order valence-electron chi connectivity index (χ4n) is 2.17. The van der Waals surface area contributed by atoms with Crippen LogP contribution in [0.25, 0.3) is 0 Å². The summed E-state index contributed by atoms with van der Waals surface area (Å²) in [4.78, 5) is 1.95. The molecule has 2 rings (SSSR count). The van der Waals surface area contributed by atoms with Gasteiger partial charge in [-0.1, -0.05) is 24.3 Å². The van der Waals surface area contributed by atoms with Crippen molar-refractivity contribution >= 4 is 5.69 Å². The van der Waals surface area contributed by atoms with Gasteiger partial charge in [0.2, 0.25) is 0 Å². The van der Waals surface area contributed by atoms with E-state index in [9.17, 15) is 15.6 Å². The smallest absolute Gasteiger partial charge is 0.193 e. The van der Waals surface area contributed by atoms with E-state index < -0.39 is 5.41 Å². The van der Waals surface area contributed by atoms with Crippen molar-refractivity contribution < 1.29 is 5.11 Å². The summed E-state index contributed by atoms with van der Waals surface area (Å²) in [5.74, 6) is 0.103. The maximum Gasteiger partial charge on any atom is 0.193 e. The fourth-order valence-corrected chi connectivity index (χ4v) is 2.17. The van der Waals surface area contributed by atoms with Crippen LogP contribution in [0.1, 0.15) is 11.1 Å². The molecule has 2 aromatic carbocycles. The first-order chi connectivity index (χ1) is 10.0. The molecule has 0 spiro atoms. The highest BCUT2D eigenvalue weighted by atomic mass is 16.3. The number of hydrogen-bond acceptors (Lipinski definition) is 4. The lowest BCUT2D eigenvalue weighted by atomic mass is 9.77. The highest BCUT2D eigenvalue weighted by Gasteiger charge is 2.34. The Hall–Kier alpha value is -2.98. The summed E-state index contributed by atoms with van der Waals surface area (Å²) in [5, 5.41) is 28.5. The lowest BCUT2D eigenvalue weighted by Gasteiger charge is -2.21. The molecule has 0 aliphatic heterocycles. The van der Waals surface area contributed by atoms with Crippen molar-refractivity contribution in [3.8, 4) is 17.9 Å². The zero-order valence-corrected chi connectivity index (χ0v) is 11.9. The van der Waals surface area contributed by atoms with Gasteiger partial charge in [-0.2, -0.15) is 10.5 Å². The molecule has 0 aromatic heterocycles. The molecule has 0 atom stereocenters. The minimum atomic E-state index is -1.38. The Labute approximate surface area is 124 Å². The molecule has 2 aromatic rings. The largest absolute Gasteiger partial charge is 0.508 e. The molecule has 0 aliphatic rings. The molecule has 21 heavy (non-hydrogen) atoms. The Bertz CT molecular complexity index is 690. The third-order valence-corrected chi connectivity index (χ3v) is 3.45. The summed E-state index contributed by atoms with van der Waals surface area (Å²) < 4.78 is 0. The molecule has 1 N–H and O–H groups in total. The van der Waals surface area contributed by atoms with Crippen LogP contribution in [-0.2, 0) is 5.41 Å². The van der Waals surface area contributed by atoms with Gasteiger partial charge in [0.25, 0.3) is 0 Å². The normalized spacial score (nSPS) is 10.5. The van der Waals surface area contributed by atoms with Crippen LogP contribution in [0.2, 0.25) is 0 Å². The summed E-state index contributed by atoms with van der Waals surface area (Å²) in [6.45, 7) is 0. The van der Waals surface area contributed by atoms with E-state index in [0.717, 1.165) is 5.69 Å². The molecule has 0 fully saturated rings. The van der Waals surface area contributed by atoms with Crippen molar-refractivity contribution in [3.05, 3.63) is 59.7 Å². The van der Waals surface area contributed by atoms with E-state index in [1.807, 2.05) is 31.1 Å². The van der Waals surface area contributed by atoms with E-state index in [-0.39, 0.29) is 5.75 Å². The molecule has 104 valence electrons. The van der Waals surface area contributed by atoms with Crippen molar-refractivity contribution in [2.45, 2.75) is 5.41 Å². The number of rotatable bonds is 3. The molecule has 0 aliphatic carbocycles. The van der Waals surface area contributed by atoms with Crippen molar-refractivity contribution in [2.24, 2.45) is 0 Å². The van der Waals surface area contributed by atoms with E-state index >= 15 is 0 Å². The highest BCUT2D eigenvalue weighted by Crippen LogP contribution is 2.33. The summed E-state index contributed by atoms with van der Waals surface area (Å²) >= 11 is 0. The number of nitriles is 2. The second-order valence-electron chi connectivity index (χ2n) is 4.96. The Kier molecular flexibility index (Phi) is 3.82. The first kappa shape index (κ1) is 14.4. The maximum absolute atomic E-state index is 9.59. The Balaban J connectivity index is 2.55. The van der Waals surface area contributed by atoms with E-state index in [1.165, 1.54) is 12.1 Å². The van der Waals surface area contributed by atoms with Gasteiger partial charge in [-0.15, -0.1) is 0 Å². The SMILES string of the molecule is CN(C)c1ccc(C(C#N)(C#N)c2ccc(O)cc2)cc1. The number of phenols is 1. The molecule has 0 bridgehead atoms. The Morgan fingerprint density at radius 2 is 1.29 bits per heavy atom. The third-order valence-electron chi connectivity index (χ3n) is 3.45. The summed E-state index contributed by atoms with van der Waals surface area (Å²) in [6, 6.07) is 17.7. The quantitative estimate of drug-likeness (QED) is 0.936. The number of hydrogen-bond donors (Lipinski definition) is 1. The molecule has 0 unspecified atom stereocenters. The van der Waals surface area contributed by atoms with Crippen molar-refractivity contribution in [1.29, 1.82) is 10.5 Å². The monoisotopic (exact) mass is 277 g/mol. The minimum Gasteiger partial charge on any atom is -0.508 e. The van der Waals surface area contributed by atoms with Crippen molar-refractivity contribution in [3.63, 3.8) is 0 Å². The minimum absolute atomic E-state index is 0.103. The summed E-state index contributed by atoms with van der Waals surface area (Å²) in [5.41, 5.74) is 0.777. The van der Waals surface area contributed by atoms with Crippen LogP contribution in [0, 0.1) is 22.7 Å². The highest BCUT2D eigenvalue weighted by molar-refractivity contribution is 5.56. The maximum atomic E-state index is 9.59. The topological polar surface area (TPSA) is 71.0 Å². The zero-order valence-electron chi connectivity index (χ0n) is 11.9. The predicted molar refractivity (Wildman–Crippen MR) is 80.9 cm³/mol. The first-order valence-corrected chi connectivity index (χ1v) is 6.43. The van der Waals surface area contributed by atoms with Crippen molar-refractivity contribution in [2.75, 3.05) is 19.0 Å². The molecule has 0 saturated heterocycles. The van der Waals surface area contributed by atoms with Crippen LogP contribution in [0.4, 0.5) is 5.69 Å². The summed E-state index contributed by atoms with van der Waals surface area (Å²) in [6.07, 6.45) is 0. The van der Waals surface area contributed by atoms with E-state index in [1.54, 1.807) is 24.3 Å². The molecule has 4 heteroatoms. The van der Waals surface area contributed by atoms with Gasteiger partial charge in [0, 0.05) is 19.8 Å². The number of aromatic hydroxyl groups is 1. The fraction of sp³-hybridized carbons (Fsp3) is 0.176. The van der Waals surface area contributed by atoms with Crippen LogP contribution in [0.15, 0.2) is 48.5 Å². The molecular weight excluding hydrogens is 262 g/mol. The van der Waals surface area contributed by atoms with Gasteiger partial charge < -0.3 is 10.0 Å². The summed E-state index contributed by atoms with van der Waals surface area (Å²) in [7, 11) is 3.85. The zero-order chi connectivity index (χ0) is 15.5. The molecular formula is C17H15N3O. The van der Waals surface area contributed by atoms with E-state index in [2.05, 4.69) is 12.1 Å². The number of anilines is 1. The first-order valence-electron chi connectivity index (χ1n) is 6.43. The predicted octanol–water partition coefficient (Wildman–Crippen LogP) is 2.79. The molecule has 4 nitrogen and oxygen atoms in total. The van der Waals surface area contributed by atoms with E-state index in [0.29, 0.717) is 11.1 Å². The molecule has 0 saturated carbocycles. The van der Waals surface area contributed by atoms with Gasteiger partial charge in [-0.05, 0) is 35.4 Å². The Morgan fingerprint density at radius 1 is 0.857 bits per heavy atom. The van der Waals surface area contributed by atoms with Crippen molar-refractivity contribution in [1.82, 2.24) is 0 Å². The van der Waals surface area contributed by atoms with Gasteiger partial charge in [-0.25, -0.2) is 0 Å². The van der Waals surface area contributed by atoms with Gasteiger partial charge >= 0.3 is 0 Å². The Morgan fingerprint density at radius 3 is 1.67 bits per heavy atom. The van der Waals surface area contributed by atoms with Gasteiger partial charge in [0.15, 0.2) is 5.41 Å². The number of nitrogens with zero attached hydrogens (tertiary/aromatic N) is 3. The van der Waals surface area contributed by atoms with E-state index in [4.69, 9.17) is 0 Å². The third kappa shape index (κ3) is 2.52. The van der Waals surface area contributed by atoms with Crippen LogP contribution in [0.5, 0.6) is 5.75 Å². The second-order valence-corrected chi connectivity index (χ2v) is 4.96. The molecule has 0 amide bonds. The van der Waals surface area contributed by atoms with Crippen LogP contribution >= 0.6 is 0 Å². The number of benzene rings is 2. The van der Waals surface area contributed by atoms with Crippen LogP contribution in [0.3, 0.4) is 0 Å². The standard InChI is InChI=1S/C17H15N3O/c1-20(2)15-7-3-13(4-8-15)17(11-18,12-19)14-5-9-16(21)10-6-14/h3-10,21H,1-2H3. The van der Waals surface area contributed by atoms with Gasteiger partial charge in [-0.3, -0.25) is 0 Å². The van der Waals surface area contributed by atoms with Crippen LogP contribution < -0.4 is 4.90 Å². The average Bonchev–Trinajstić information content (AvgIpc) is 2.51. The lowest BCUT2D eigenvalue weighted by molar-refractivity contribution is 0.475. The number of phenolic OH excluding ortho intramolecular Hbond substituents is 1. The van der Waals surface area contributed by atoms with Gasteiger partial charge in [0.05, 0.1) is 12.1 Å². The lowest BCUT2D eigenvalue weighted by Crippen LogP contribution is -2.23. The average molecular weight is 277 g/mol.